The van der Waals surface area contributed by atoms with Crippen LogP contribution in [-0.2, 0) is 14.8 Å². The van der Waals surface area contributed by atoms with Crippen LogP contribution in [0.1, 0.15) is 22.5 Å². The van der Waals surface area contributed by atoms with Gasteiger partial charge in [0.05, 0.1) is 23.4 Å². The predicted octanol–water partition coefficient (Wildman–Crippen LogP) is 1.71. The molecule has 1 saturated heterocycles. The maximum atomic E-state index is 12.3. The first-order valence-corrected chi connectivity index (χ1v) is 9.36. The molecule has 1 amide bonds. The van der Waals surface area contributed by atoms with Crippen LogP contribution < -0.4 is 10.0 Å². The second-order valence-electron chi connectivity index (χ2n) is 5.85. The van der Waals surface area contributed by atoms with Crippen molar-refractivity contribution >= 4 is 21.6 Å². The number of nitrogens with zero attached hydrogens (tertiary/aromatic N) is 1. The number of amides is 1. The Balaban J connectivity index is 1.68. The number of rotatable bonds is 5. The molecule has 2 N–H and O–H groups in total. The van der Waals surface area contributed by atoms with E-state index in [0.29, 0.717) is 30.9 Å². The lowest BCUT2D eigenvalue weighted by atomic mass is 10.2. The maximum Gasteiger partial charge on any atom is 0.255 e. The average Bonchev–Trinajstić information content (AvgIpc) is 3.09. The zero-order valence-electron chi connectivity index (χ0n) is 13.7. The molecule has 7 nitrogen and oxygen atoms in total. The van der Waals surface area contributed by atoms with Crippen molar-refractivity contribution in [2.45, 2.75) is 24.3 Å². The Hall–Kier alpha value is -2.29. The molecule has 0 radical (unpaired) electrons. The Morgan fingerprint density at radius 3 is 2.56 bits per heavy atom. The van der Waals surface area contributed by atoms with Crippen molar-refractivity contribution in [2.24, 2.45) is 0 Å². The largest absolute Gasteiger partial charge is 0.380 e. The first kappa shape index (κ1) is 17.5. The van der Waals surface area contributed by atoms with Crippen LogP contribution in [0, 0.1) is 6.92 Å². The molecule has 0 bridgehead atoms. The van der Waals surface area contributed by atoms with Gasteiger partial charge < -0.3 is 10.1 Å². The molecule has 1 aliphatic heterocycles. The summed E-state index contributed by atoms with van der Waals surface area (Å²) in [6.07, 6.45) is 2.23. The number of carbonyl (C=O) groups is 1. The zero-order chi connectivity index (χ0) is 17.9. The minimum absolute atomic E-state index is 0.118. The number of anilines is 1. The predicted molar refractivity (Wildman–Crippen MR) is 92.9 cm³/mol. The molecule has 0 spiro atoms. The Kier molecular flexibility index (Phi) is 5.12. The quantitative estimate of drug-likeness (QED) is 0.845. The van der Waals surface area contributed by atoms with Gasteiger partial charge in [-0.1, -0.05) is 0 Å². The summed E-state index contributed by atoms with van der Waals surface area (Å²) < 4.78 is 32.4. The van der Waals surface area contributed by atoms with Gasteiger partial charge in [0.1, 0.15) is 0 Å². The van der Waals surface area contributed by atoms with E-state index >= 15 is 0 Å². The number of sulfonamides is 1. The van der Waals surface area contributed by atoms with Gasteiger partial charge in [-0.15, -0.1) is 0 Å². The van der Waals surface area contributed by atoms with Gasteiger partial charge >= 0.3 is 0 Å². The fraction of sp³-hybridized carbons (Fsp3) is 0.294. The van der Waals surface area contributed by atoms with Crippen molar-refractivity contribution in [2.75, 3.05) is 18.5 Å². The molecular formula is C17H19N3O4S. The van der Waals surface area contributed by atoms with Gasteiger partial charge in [-0.3, -0.25) is 9.78 Å². The molecule has 0 aliphatic carbocycles. The summed E-state index contributed by atoms with van der Waals surface area (Å²) in [7, 11) is -3.62. The molecule has 2 aromatic rings. The third-order valence-electron chi connectivity index (χ3n) is 3.85. The van der Waals surface area contributed by atoms with E-state index in [1.165, 1.54) is 24.3 Å². The van der Waals surface area contributed by atoms with E-state index in [-0.39, 0.29) is 16.8 Å². The average molecular weight is 361 g/mol. The highest BCUT2D eigenvalue weighted by molar-refractivity contribution is 7.89. The fourth-order valence-electron chi connectivity index (χ4n) is 2.45. The first-order chi connectivity index (χ1) is 11.9. The van der Waals surface area contributed by atoms with Crippen molar-refractivity contribution < 1.29 is 17.9 Å². The summed E-state index contributed by atoms with van der Waals surface area (Å²) >= 11 is 0. The van der Waals surface area contributed by atoms with Crippen LogP contribution in [0.5, 0.6) is 0 Å². The van der Waals surface area contributed by atoms with Gasteiger partial charge in [-0.05, 0) is 49.7 Å². The lowest BCUT2D eigenvalue weighted by Crippen LogP contribution is -2.35. The number of benzene rings is 1. The highest BCUT2D eigenvalue weighted by atomic mass is 32.2. The molecule has 1 aromatic heterocycles. The van der Waals surface area contributed by atoms with E-state index < -0.39 is 10.0 Å². The van der Waals surface area contributed by atoms with E-state index in [4.69, 9.17) is 4.74 Å². The van der Waals surface area contributed by atoms with Crippen LogP contribution in [0.4, 0.5) is 5.69 Å². The van der Waals surface area contributed by atoms with Gasteiger partial charge in [0.2, 0.25) is 10.0 Å². The Bertz CT molecular complexity index is 842. The third-order valence-corrected chi connectivity index (χ3v) is 5.38. The molecule has 1 aliphatic rings. The van der Waals surface area contributed by atoms with Crippen LogP contribution >= 0.6 is 0 Å². The number of aryl methyl sites for hydroxylation is 1. The minimum Gasteiger partial charge on any atom is -0.380 e. The SMILES string of the molecule is Cc1ccc(NC(=O)c2ccc(S(=O)(=O)N[C@@H]3CCOC3)cc2)cn1. The number of pyridine rings is 1. The summed E-state index contributed by atoms with van der Waals surface area (Å²) in [6.45, 7) is 2.79. The molecule has 3 rings (SSSR count). The molecule has 25 heavy (non-hydrogen) atoms. The van der Waals surface area contributed by atoms with Gasteiger partial charge in [-0.25, -0.2) is 13.1 Å². The van der Waals surface area contributed by atoms with E-state index in [9.17, 15) is 13.2 Å². The summed E-state index contributed by atoms with van der Waals surface area (Å²) in [5.74, 6) is -0.327. The summed E-state index contributed by atoms with van der Waals surface area (Å²) in [6, 6.07) is 9.15. The van der Waals surface area contributed by atoms with Crippen molar-refractivity contribution in [1.82, 2.24) is 9.71 Å². The lowest BCUT2D eigenvalue weighted by Gasteiger charge is -2.12. The molecule has 1 fully saturated rings. The molecule has 0 unspecified atom stereocenters. The topological polar surface area (TPSA) is 97.4 Å². The molecule has 8 heteroatoms. The van der Waals surface area contributed by atoms with Crippen molar-refractivity contribution in [3.63, 3.8) is 0 Å². The molecule has 1 aromatic carbocycles. The first-order valence-electron chi connectivity index (χ1n) is 7.88. The standard InChI is InChI=1S/C17H19N3O4S/c1-12-2-5-14(10-18-12)19-17(21)13-3-6-16(7-4-13)25(22,23)20-15-8-9-24-11-15/h2-7,10,15,20H,8-9,11H2,1H3,(H,19,21)/t15-/m1/s1. The number of hydrogen-bond acceptors (Lipinski definition) is 5. The number of aromatic nitrogens is 1. The van der Waals surface area contributed by atoms with E-state index in [2.05, 4.69) is 15.0 Å². The lowest BCUT2D eigenvalue weighted by molar-refractivity contribution is 0.102. The second-order valence-corrected chi connectivity index (χ2v) is 7.56. The van der Waals surface area contributed by atoms with Crippen molar-refractivity contribution in [1.29, 1.82) is 0 Å². The molecule has 2 heterocycles. The van der Waals surface area contributed by atoms with Crippen LogP contribution in [0.25, 0.3) is 0 Å². The number of ether oxygens (including phenoxy) is 1. The van der Waals surface area contributed by atoms with Crippen LogP contribution in [0.2, 0.25) is 0 Å². The summed E-state index contributed by atoms with van der Waals surface area (Å²) in [4.78, 5) is 16.4. The summed E-state index contributed by atoms with van der Waals surface area (Å²) in [5, 5.41) is 2.72. The Labute approximate surface area is 146 Å². The van der Waals surface area contributed by atoms with Crippen LogP contribution in [-0.4, -0.2) is 38.6 Å². The zero-order valence-corrected chi connectivity index (χ0v) is 14.5. The van der Waals surface area contributed by atoms with Crippen LogP contribution in [0.3, 0.4) is 0 Å². The normalized spacial score (nSPS) is 17.4. The smallest absolute Gasteiger partial charge is 0.255 e. The maximum absolute atomic E-state index is 12.3. The Morgan fingerprint density at radius 2 is 1.96 bits per heavy atom. The third kappa shape index (κ3) is 4.41. The van der Waals surface area contributed by atoms with E-state index in [0.717, 1.165) is 5.69 Å². The molecular weight excluding hydrogens is 342 g/mol. The number of nitrogens with one attached hydrogen (secondary N) is 2. The van der Waals surface area contributed by atoms with Crippen LogP contribution in [0.15, 0.2) is 47.5 Å². The molecule has 1 atom stereocenters. The fourth-order valence-corrected chi connectivity index (χ4v) is 3.70. The van der Waals surface area contributed by atoms with Gasteiger partial charge in [0, 0.05) is 23.9 Å². The van der Waals surface area contributed by atoms with Crippen molar-refractivity contribution in [3.05, 3.63) is 53.9 Å². The van der Waals surface area contributed by atoms with E-state index in [1.54, 1.807) is 18.3 Å². The highest BCUT2D eigenvalue weighted by Crippen LogP contribution is 2.15. The highest BCUT2D eigenvalue weighted by Gasteiger charge is 2.23. The summed E-state index contributed by atoms with van der Waals surface area (Å²) in [5.41, 5.74) is 1.80. The molecule has 0 saturated carbocycles. The number of carbonyl (C=O) groups excluding carboxylic acids is 1. The Morgan fingerprint density at radius 1 is 1.20 bits per heavy atom. The van der Waals surface area contributed by atoms with Gasteiger partial charge in [0.15, 0.2) is 0 Å². The van der Waals surface area contributed by atoms with Gasteiger partial charge in [-0.2, -0.15) is 0 Å². The number of hydrogen-bond donors (Lipinski definition) is 2. The minimum atomic E-state index is -3.62. The monoisotopic (exact) mass is 361 g/mol. The van der Waals surface area contributed by atoms with Gasteiger partial charge in [0.25, 0.3) is 5.91 Å². The van der Waals surface area contributed by atoms with Crippen molar-refractivity contribution in [3.8, 4) is 0 Å². The van der Waals surface area contributed by atoms with E-state index in [1.807, 2.05) is 6.92 Å². The molecule has 132 valence electrons. The second kappa shape index (κ2) is 7.30.